The first-order valence-electron chi connectivity index (χ1n) is 10.0. The quantitative estimate of drug-likeness (QED) is 0.239. The number of carbonyl (C=O) groups is 1. The summed E-state index contributed by atoms with van der Waals surface area (Å²) in [5.41, 5.74) is 1.35. The Morgan fingerprint density at radius 1 is 1.31 bits per heavy atom. The molecule has 1 saturated heterocycles. The highest BCUT2D eigenvalue weighted by Crippen LogP contribution is 2.19. The van der Waals surface area contributed by atoms with E-state index in [-0.39, 0.29) is 36.4 Å². The Labute approximate surface area is 192 Å². The molecule has 0 bridgehead atoms. The van der Waals surface area contributed by atoms with Crippen LogP contribution in [0.25, 0.3) is 0 Å². The van der Waals surface area contributed by atoms with Crippen molar-refractivity contribution in [1.82, 2.24) is 20.4 Å². The number of likely N-dealkylation sites (N-methyl/N-ethyl adjacent to an activating group) is 1. The van der Waals surface area contributed by atoms with Crippen LogP contribution in [0.4, 0.5) is 0 Å². The number of methoxy groups -OCH3 is 1. The topological polar surface area (TPSA) is 69.2 Å². The van der Waals surface area contributed by atoms with Crippen molar-refractivity contribution < 1.29 is 9.53 Å². The van der Waals surface area contributed by atoms with Gasteiger partial charge in [-0.2, -0.15) is 0 Å². The number of carbonyl (C=O) groups excluding carboxylic acids is 1. The van der Waals surface area contributed by atoms with Crippen LogP contribution < -0.4 is 10.6 Å². The fourth-order valence-corrected chi connectivity index (χ4v) is 3.31. The largest absolute Gasteiger partial charge is 0.383 e. The predicted octanol–water partition coefficient (Wildman–Crippen LogP) is 1.93. The van der Waals surface area contributed by atoms with Crippen molar-refractivity contribution in [2.24, 2.45) is 4.99 Å². The van der Waals surface area contributed by atoms with Gasteiger partial charge in [-0.05, 0) is 25.3 Å². The average molecular weight is 517 g/mol. The van der Waals surface area contributed by atoms with E-state index in [4.69, 9.17) is 4.74 Å². The second-order valence-corrected chi connectivity index (χ2v) is 7.54. The smallest absolute Gasteiger partial charge is 0.243 e. The Morgan fingerprint density at radius 3 is 2.66 bits per heavy atom. The maximum atomic E-state index is 11.9. The van der Waals surface area contributed by atoms with Gasteiger partial charge in [0.1, 0.15) is 6.54 Å². The van der Waals surface area contributed by atoms with Crippen LogP contribution in [0.2, 0.25) is 0 Å². The minimum atomic E-state index is -0.0149. The molecule has 0 spiro atoms. The van der Waals surface area contributed by atoms with Crippen molar-refractivity contribution in [3.8, 4) is 0 Å². The number of rotatable bonds is 8. The van der Waals surface area contributed by atoms with Gasteiger partial charge in [-0.15, -0.1) is 24.0 Å². The highest BCUT2D eigenvalue weighted by atomic mass is 127. The molecule has 8 heteroatoms. The highest BCUT2D eigenvalue weighted by Gasteiger charge is 2.26. The third-order valence-electron chi connectivity index (χ3n) is 5.05. The molecule has 0 saturated carbocycles. The SMILES string of the molecule is COCCNC(=NCC(=O)N(C)C)NC1CCN(Cc2ccccc2)C(C)C1.I. The van der Waals surface area contributed by atoms with Crippen LogP contribution in [0.1, 0.15) is 25.3 Å². The number of nitrogens with one attached hydrogen (secondary N) is 2. The van der Waals surface area contributed by atoms with Crippen LogP contribution in [-0.4, -0.2) is 81.2 Å². The van der Waals surface area contributed by atoms with Crippen molar-refractivity contribution in [2.45, 2.75) is 38.4 Å². The van der Waals surface area contributed by atoms with Gasteiger partial charge >= 0.3 is 0 Å². The molecule has 7 nitrogen and oxygen atoms in total. The lowest BCUT2D eigenvalue weighted by atomic mass is 9.97. The normalized spacial score (nSPS) is 19.9. The molecule has 29 heavy (non-hydrogen) atoms. The van der Waals surface area contributed by atoms with E-state index >= 15 is 0 Å². The fraction of sp³-hybridized carbons (Fsp3) is 0.619. The standard InChI is InChI=1S/C21H35N5O2.HI/c1-17-14-19(10-12-26(17)16-18-8-6-5-7-9-18)24-21(22-11-13-28-4)23-15-20(27)25(2)3;/h5-9,17,19H,10-16H2,1-4H3,(H2,22,23,24);1H. The number of benzene rings is 1. The van der Waals surface area contributed by atoms with E-state index in [0.717, 1.165) is 25.9 Å². The van der Waals surface area contributed by atoms with Crippen molar-refractivity contribution in [2.75, 3.05) is 47.4 Å². The second-order valence-electron chi connectivity index (χ2n) is 7.54. The first-order valence-corrected chi connectivity index (χ1v) is 10.0. The van der Waals surface area contributed by atoms with Crippen LogP contribution in [0.15, 0.2) is 35.3 Å². The van der Waals surface area contributed by atoms with E-state index in [1.807, 2.05) is 0 Å². The molecule has 0 aromatic heterocycles. The molecule has 0 radical (unpaired) electrons. The number of aliphatic imine (C=N–C) groups is 1. The number of nitrogens with zero attached hydrogens (tertiary/aromatic N) is 3. The molecular formula is C21H36IN5O2. The van der Waals surface area contributed by atoms with Crippen LogP contribution in [0.5, 0.6) is 0 Å². The van der Waals surface area contributed by atoms with E-state index < -0.39 is 0 Å². The second kappa shape index (κ2) is 13.8. The van der Waals surface area contributed by atoms with Gasteiger partial charge in [0.05, 0.1) is 6.61 Å². The Balaban J connectivity index is 0.00000420. The maximum absolute atomic E-state index is 11.9. The molecule has 2 atom stereocenters. The number of guanidine groups is 1. The summed E-state index contributed by atoms with van der Waals surface area (Å²) in [4.78, 5) is 20.4. The van der Waals surface area contributed by atoms with Gasteiger partial charge in [0.25, 0.3) is 0 Å². The van der Waals surface area contributed by atoms with Crippen molar-refractivity contribution in [3.63, 3.8) is 0 Å². The molecule has 1 aliphatic heterocycles. The van der Waals surface area contributed by atoms with E-state index in [9.17, 15) is 4.79 Å². The molecule has 1 aromatic rings. The fourth-order valence-electron chi connectivity index (χ4n) is 3.31. The summed E-state index contributed by atoms with van der Waals surface area (Å²) < 4.78 is 5.11. The highest BCUT2D eigenvalue weighted by molar-refractivity contribution is 14.0. The van der Waals surface area contributed by atoms with Gasteiger partial charge in [0.2, 0.25) is 5.91 Å². The summed E-state index contributed by atoms with van der Waals surface area (Å²) >= 11 is 0. The molecule has 1 fully saturated rings. The van der Waals surface area contributed by atoms with Crippen LogP contribution in [0, 0.1) is 0 Å². The Bertz CT molecular complexity index is 627. The van der Waals surface area contributed by atoms with Crippen LogP contribution >= 0.6 is 24.0 Å². The molecule has 2 rings (SSSR count). The molecule has 1 aromatic carbocycles. The Morgan fingerprint density at radius 2 is 2.03 bits per heavy atom. The molecule has 1 heterocycles. The summed E-state index contributed by atoms with van der Waals surface area (Å²) in [6.07, 6.45) is 2.09. The zero-order valence-electron chi connectivity index (χ0n) is 18.1. The van der Waals surface area contributed by atoms with Gasteiger partial charge in [0.15, 0.2) is 5.96 Å². The van der Waals surface area contributed by atoms with E-state index in [0.29, 0.717) is 31.2 Å². The third kappa shape index (κ3) is 9.31. The molecule has 2 unspecified atom stereocenters. The van der Waals surface area contributed by atoms with Crippen LogP contribution in [0.3, 0.4) is 0 Å². The lowest BCUT2D eigenvalue weighted by Crippen LogP contribution is -2.51. The van der Waals surface area contributed by atoms with Crippen molar-refractivity contribution >= 4 is 35.8 Å². The van der Waals surface area contributed by atoms with Gasteiger partial charge in [-0.25, -0.2) is 4.99 Å². The van der Waals surface area contributed by atoms with Crippen molar-refractivity contribution in [1.29, 1.82) is 0 Å². The Kier molecular flexibility index (Phi) is 12.2. The first-order chi connectivity index (χ1) is 13.5. The van der Waals surface area contributed by atoms with E-state index in [1.165, 1.54) is 5.56 Å². The molecule has 1 aliphatic rings. The monoisotopic (exact) mass is 517 g/mol. The number of hydrogen-bond acceptors (Lipinski definition) is 4. The number of halogens is 1. The number of likely N-dealkylation sites (tertiary alicyclic amines) is 1. The lowest BCUT2D eigenvalue weighted by Gasteiger charge is -2.38. The number of amides is 1. The van der Waals surface area contributed by atoms with E-state index in [1.54, 1.807) is 26.1 Å². The first kappa shape index (κ1) is 25.6. The molecule has 1 amide bonds. The Hall–Kier alpha value is -1.39. The van der Waals surface area contributed by atoms with Gasteiger partial charge in [-0.3, -0.25) is 9.69 Å². The third-order valence-corrected chi connectivity index (χ3v) is 5.05. The molecule has 164 valence electrons. The summed E-state index contributed by atoms with van der Waals surface area (Å²) in [5, 5.41) is 6.77. The predicted molar refractivity (Wildman–Crippen MR) is 129 cm³/mol. The van der Waals surface area contributed by atoms with Crippen molar-refractivity contribution in [3.05, 3.63) is 35.9 Å². The maximum Gasteiger partial charge on any atom is 0.243 e. The number of ether oxygens (including phenoxy) is 1. The minimum Gasteiger partial charge on any atom is -0.383 e. The zero-order valence-corrected chi connectivity index (χ0v) is 20.4. The molecule has 2 N–H and O–H groups in total. The van der Waals surface area contributed by atoms with Gasteiger partial charge in [0, 0.05) is 52.9 Å². The van der Waals surface area contributed by atoms with Gasteiger partial charge < -0.3 is 20.3 Å². The summed E-state index contributed by atoms with van der Waals surface area (Å²) in [6.45, 7) is 5.68. The average Bonchev–Trinajstić information content (AvgIpc) is 2.68. The van der Waals surface area contributed by atoms with Crippen LogP contribution in [-0.2, 0) is 16.1 Å². The zero-order chi connectivity index (χ0) is 20.4. The van der Waals surface area contributed by atoms with Gasteiger partial charge in [-0.1, -0.05) is 30.3 Å². The molecule has 0 aliphatic carbocycles. The van der Waals surface area contributed by atoms with E-state index in [2.05, 4.69) is 57.8 Å². The summed E-state index contributed by atoms with van der Waals surface area (Å²) in [6, 6.07) is 11.4. The molecular weight excluding hydrogens is 481 g/mol. The summed E-state index contributed by atoms with van der Waals surface area (Å²) in [5.74, 6) is 0.667. The minimum absolute atomic E-state index is 0. The number of piperidine rings is 1. The lowest BCUT2D eigenvalue weighted by molar-refractivity contribution is -0.127. The summed E-state index contributed by atoms with van der Waals surface area (Å²) in [7, 11) is 5.16. The number of hydrogen-bond donors (Lipinski definition) is 2.